The largest absolute Gasteiger partial charge is 0.493 e. The molecule has 0 fully saturated rings. The van der Waals surface area contributed by atoms with E-state index in [9.17, 15) is 4.79 Å². The zero-order valence-corrected chi connectivity index (χ0v) is 21.0. The lowest BCUT2D eigenvalue weighted by atomic mass is 9.96. The number of thioether (sulfide) groups is 1. The fourth-order valence-corrected chi connectivity index (χ4v) is 4.50. The average molecular weight is 472 g/mol. The lowest BCUT2D eigenvalue weighted by molar-refractivity contribution is -0.111. The summed E-state index contributed by atoms with van der Waals surface area (Å²) in [6.07, 6.45) is 5.44. The van der Waals surface area contributed by atoms with Crippen LogP contribution in [0.3, 0.4) is 0 Å². The van der Waals surface area contributed by atoms with Crippen LogP contribution in [-0.4, -0.2) is 18.8 Å². The van der Waals surface area contributed by atoms with Crippen LogP contribution in [0, 0.1) is 13.8 Å². The van der Waals surface area contributed by atoms with Gasteiger partial charge >= 0.3 is 0 Å². The molecule has 0 aliphatic carbocycles. The molecule has 0 spiro atoms. The van der Waals surface area contributed by atoms with E-state index in [1.807, 2.05) is 50.4 Å². The number of nitrogens with one attached hydrogen (secondary N) is 1. The van der Waals surface area contributed by atoms with E-state index in [0.717, 1.165) is 43.8 Å². The van der Waals surface area contributed by atoms with Gasteiger partial charge in [0.1, 0.15) is 11.3 Å². The summed E-state index contributed by atoms with van der Waals surface area (Å²) in [6, 6.07) is 18.2. The van der Waals surface area contributed by atoms with Crippen LogP contribution < -0.4 is 10.1 Å². The van der Waals surface area contributed by atoms with Gasteiger partial charge in [0.2, 0.25) is 5.91 Å². The fraction of sp³-hybridized carbons (Fsp3) is 0.207. The molecular weight excluding hydrogens is 442 g/mol. The van der Waals surface area contributed by atoms with Crippen molar-refractivity contribution in [3.8, 4) is 16.9 Å². The number of aryl methyl sites for hydroxylation is 2. The molecule has 1 N–H and O–H groups in total. The topological polar surface area (TPSA) is 51.5 Å². The Morgan fingerprint density at radius 3 is 2.50 bits per heavy atom. The minimum Gasteiger partial charge on any atom is -0.493 e. The van der Waals surface area contributed by atoms with Crippen LogP contribution >= 0.6 is 11.8 Å². The van der Waals surface area contributed by atoms with E-state index in [4.69, 9.17) is 9.15 Å². The highest BCUT2D eigenvalue weighted by Gasteiger charge is 2.16. The minimum atomic E-state index is -0.182. The Morgan fingerprint density at radius 2 is 1.82 bits per heavy atom. The number of carbonyl (C=O) groups is 1. The van der Waals surface area contributed by atoms with Crippen molar-refractivity contribution in [2.45, 2.75) is 32.6 Å². The molecule has 0 bridgehead atoms. The molecule has 0 saturated heterocycles. The van der Waals surface area contributed by atoms with Crippen molar-refractivity contribution in [1.29, 1.82) is 0 Å². The molecule has 1 aromatic heterocycles. The first kappa shape index (κ1) is 23.7. The number of carbonyl (C=O) groups excluding carboxylic acids is 1. The maximum Gasteiger partial charge on any atom is 0.248 e. The molecule has 4 aromatic rings. The monoisotopic (exact) mass is 471 g/mol. The number of fused-ring (bicyclic) bond motifs is 1. The first-order valence-corrected chi connectivity index (χ1v) is 12.5. The molecule has 0 unspecified atom stereocenters. The number of allylic oxidation sites excluding steroid dienone is 1. The van der Waals surface area contributed by atoms with Gasteiger partial charge < -0.3 is 14.5 Å². The molecule has 0 saturated carbocycles. The summed E-state index contributed by atoms with van der Waals surface area (Å²) in [5.41, 5.74) is 7.78. The summed E-state index contributed by atoms with van der Waals surface area (Å²) in [4.78, 5) is 13.9. The Morgan fingerprint density at radius 1 is 1.06 bits per heavy atom. The highest BCUT2D eigenvalue weighted by molar-refractivity contribution is 7.98. The molecular formula is C29H29NO3S. The van der Waals surface area contributed by atoms with Crippen molar-refractivity contribution in [2.24, 2.45) is 0 Å². The summed E-state index contributed by atoms with van der Waals surface area (Å²) in [5.74, 6) is 0.515. The summed E-state index contributed by atoms with van der Waals surface area (Å²) >= 11 is 1.67. The van der Waals surface area contributed by atoms with Crippen molar-refractivity contribution >= 4 is 39.9 Å². The summed E-state index contributed by atoms with van der Waals surface area (Å²) < 4.78 is 11.8. The number of amides is 1. The minimum absolute atomic E-state index is 0.182. The zero-order chi connectivity index (χ0) is 24.2. The van der Waals surface area contributed by atoms with Gasteiger partial charge in [-0.05, 0) is 81.0 Å². The van der Waals surface area contributed by atoms with Gasteiger partial charge in [0.15, 0.2) is 0 Å². The van der Waals surface area contributed by atoms with E-state index in [-0.39, 0.29) is 5.91 Å². The van der Waals surface area contributed by atoms with E-state index in [2.05, 4.69) is 43.4 Å². The predicted molar refractivity (Wildman–Crippen MR) is 143 cm³/mol. The van der Waals surface area contributed by atoms with Crippen molar-refractivity contribution in [3.05, 3.63) is 83.6 Å². The molecule has 1 heterocycles. The smallest absolute Gasteiger partial charge is 0.248 e. The van der Waals surface area contributed by atoms with Crippen LogP contribution in [-0.2, 0) is 4.79 Å². The maximum absolute atomic E-state index is 12.7. The number of hydrogen-bond acceptors (Lipinski definition) is 4. The van der Waals surface area contributed by atoms with Crippen LogP contribution in [0.25, 0.3) is 27.7 Å². The van der Waals surface area contributed by atoms with Crippen molar-refractivity contribution in [1.82, 2.24) is 0 Å². The second-order valence-corrected chi connectivity index (χ2v) is 9.17. The number of benzene rings is 3. The normalized spacial score (nSPS) is 11.6. The van der Waals surface area contributed by atoms with Gasteiger partial charge in [-0.3, -0.25) is 4.79 Å². The first-order valence-electron chi connectivity index (χ1n) is 11.3. The number of anilines is 1. The molecule has 1 amide bonds. The summed E-state index contributed by atoms with van der Waals surface area (Å²) in [5, 5.41) is 3.94. The van der Waals surface area contributed by atoms with Gasteiger partial charge in [0.05, 0.1) is 12.9 Å². The molecule has 0 aliphatic rings. The Kier molecular flexibility index (Phi) is 7.13. The Hall–Kier alpha value is -3.44. The molecule has 4 rings (SSSR count). The third kappa shape index (κ3) is 5.05. The number of hydrogen-bond donors (Lipinski definition) is 1. The summed E-state index contributed by atoms with van der Waals surface area (Å²) in [6.45, 7) is 8.59. The van der Waals surface area contributed by atoms with E-state index in [1.165, 1.54) is 11.1 Å². The average Bonchev–Trinajstić information content (AvgIpc) is 3.21. The van der Waals surface area contributed by atoms with Gasteiger partial charge in [-0.25, -0.2) is 0 Å². The highest BCUT2D eigenvalue weighted by atomic mass is 32.2. The van der Waals surface area contributed by atoms with Gasteiger partial charge in [-0.15, -0.1) is 11.8 Å². The number of rotatable bonds is 7. The molecule has 34 heavy (non-hydrogen) atoms. The van der Waals surface area contributed by atoms with Crippen molar-refractivity contribution < 1.29 is 13.9 Å². The lowest BCUT2D eigenvalue weighted by Crippen LogP contribution is -2.08. The zero-order valence-electron chi connectivity index (χ0n) is 20.2. The molecule has 0 atom stereocenters. The van der Waals surface area contributed by atoms with Gasteiger partial charge in [0.25, 0.3) is 0 Å². The van der Waals surface area contributed by atoms with E-state index in [1.54, 1.807) is 24.1 Å². The molecule has 3 aromatic carbocycles. The second kappa shape index (κ2) is 10.2. The molecule has 0 radical (unpaired) electrons. The Bertz CT molecular complexity index is 1370. The van der Waals surface area contributed by atoms with Crippen molar-refractivity contribution in [3.63, 3.8) is 0 Å². The highest BCUT2D eigenvalue weighted by Crippen LogP contribution is 2.38. The second-order valence-electron chi connectivity index (χ2n) is 8.29. The van der Waals surface area contributed by atoms with Gasteiger partial charge in [0, 0.05) is 39.2 Å². The molecule has 174 valence electrons. The van der Waals surface area contributed by atoms with E-state index in [0.29, 0.717) is 12.4 Å². The Labute approximate surface area is 205 Å². The lowest BCUT2D eigenvalue weighted by Gasteiger charge is -2.12. The SMILES string of the molecule is CCOc1cc2occ(-c3ccc(C)cc3C)c2cc1/C(C)=C/C(=O)Nc1ccc(SC)cc1. The quantitative estimate of drug-likeness (QED) is 0.220. The standard InChI is InChI=1S/C29H29NO3S/c1-6-32-27-16-28-25(26(17-33-28)23-12-7-18(2)13-19(23)3)15-24(27)20(4)14-29(31)30-21-8-10-22(34-5)11-9-21/h7-17H,6H2,1-5H3,(H,30,31)/b20-14+. The van der Waals surface area contributed by atoms with Crippen LogP contribution in [0.1, 0.15) is 30.5 Å². The summed E-state index contributed by atoms with van der Waals surface area (Å²) in [7, 11) is 0. The van der Waals surface area contributed by atoms with Crippen LogP contribution in [0.5, 0.6) is 5.75 Å². The van der Waals surface area contributed by atoms with Crippen molar-refractivity contribution in [2.75, 3.05) is 18.2 Å². The first-order chi connectivity index (χ1) is 16.4. The number of ether oxygens (including phenoxy) is 1. The Balaban J connectivity index is 1.71. The third-order valence-corrected chi connectivity index (χ3v) is 6.52. The number of furan rings is 1. The van der Waals surface area contributed by atoms with Crippen LogP contribution in [0.2, 0.25) is 0 Å². The molecule has 4 nitrogen and oxygen atoms in total. The molecule has 0 aliphatic heterocycles. The van der Waals surface area contributed by atoms with E-state index < -0.39 is 0 Å². The maximum atomic E-state index is 12.7. The van der Waals surface area contributed by atoms with Crippen LogP contribution in [0.15, 0.2) is 76.2 Å². The molecule has 5 heteroatoms. The van der Waals surface area contributed by atoms with Gasteiger partial charge in [-0.1, -0.05) is 23.8 Å². The third-order valence-electron chi connectivity index (χ3n) is 5.78. The fourth-order valence-electron chi connectivity index (χ4n) is 4.09. The van der Waals surface area contributed by atoms with Crippen LogP contribution in [0.4, 0.5) is 5.69 Å². The van der Waals surface area contributed by atoms with E-state index >= 15 is 0 Å². The van der Waals surface area contributed by atoms with Gasteiger partial charge in [-0.2, -0.15) is 0 Å². The predicted octanol–water partition coefficient (Wildman–Crippen LogP) is 7.88.